The number of rotatable bonds is 3. The highest BCUT2D eigenvalue weighted by molar-refractivity contribution is 5.87. The molecule has 0 aliphatic carbocycles. The van der Waals surface area contributed by atoms with Crippen LogP contribution in [-0.2, 0) is 4.79 Å². The zero-order chi connectivity index (χ0) is 15.4. The summed E-state index contributed by atoms with van der Waals surface area (Å²) in [5.41, 5.74) is 2.16. The minimum atomic E-state index is -0.192. The molecule has 22 heavy (non-hydrogen) atoms. The molecule has 2 nitrogen and oxygen atoms in total. The fourth-order valence-corrected chi connectivity index (χ4v) is 3.36. The van der Waals surface area contributed by atoms with Gasteiger partial charge in [0.1, 0.15) is 0 Å². The summed E-state index contributed by atoms with van der Waals surface area (Å²) in [6.07, 6.45) is 3.46. The Morgan fingerprint density at radius 1 is 0.955 bits per heavy atom. The van der Waals surface area contributed by atoms with Crippen molar-refractivity contribution in [2.75, 3.05) is 6.54 Å². The first-order valence-corrected chi connectivity index (χ1v) is 8.18. The molecule has 1 aliphatic rings. The zero-order valence-corrected chi connectivity index (χ0v) is 13.1. The number of benzene rings is 2. The topological polar surface area (TPSA) is 20.3 Å². The predicted octanol–water partition coefficient (Wildman–Crippen LogP) is 4.22. The summed E-state index contributed by atoms with van der Waals surface area (Å²) in [7, 11) is 0. The van der Waals surface area contributed by atoms with Crippen molar-refractivity contribution in [2.45, 2.75) is 38.1 Å². The van der Waals surface area contributed by atoms with Gasteiger partial charge < -0.3 is 4.90 Å². The number of hydrogen-bond acceptors (Lipinski definition) is 1. The van der Waals surface area contributed by atoms with Crippen LogP contribution in [0.5, 0.6) is 0 Å². The minimum absolute atomic E-state index is 0.192. The van der Waals surface area contributed by atoms with E-state index < -0.39 is 0 Å². The van der Waals surface area contributed by atoms with Crippen molar-refractivity contribution < 1.29 is 4.79 Å². The molecule has 114 valence electrons. The summed E-state index contributed by atoms with van der Waals surface area (Å²) >= 11 is 0. The van der Waals surface area contributed by atoms with Gasteiger partial charge in [-0.1, -0.05) is 60.7 Å². The van der Waals surface area contributed by atoms with Crippen LogP contribution in [0.3, 0.4) is 0 Å². The van der Waals surface area contributed by atoms with Crippen LogP contribution in [0, 0.1) is 0 Å². The molecule has 1 atom stereocenters. The molecule has 1 fully saturated rings. The van der Waals surface area contributed by atoms with Crippen molar-refractivity contribution in [3.8, 4) is 0 Å². The number of likely N-dealkylation sites (tertiary alicyclic amines) is 1. The van der Waals surface area contributed by atoms with E-state index in [1.807, 2.05) is 36.4 Å². The smallest absolute Gasteiger partial charge is 0.234 e. The maximum absolute atomic E-state index is 13.2. The van der Waals surface area contributed by atoms with E-state index in [-0.39, 0.29) is 11.8 Å². The number of nitrogens with zero attached hydrogens (tertiary/aromatic N) is 1. The lowest BCUT2D eigenvalue weighted by atomic mass is 9.88. The highest BCUT2D eigenvalue weighted by Crippen LogP contribution is 2.29. The van der Waals surface area contributed by atoms with Gasteiger partial charge in [0.25, 0.3) is 0 Å². The maximum Gasteiger partial charge on any atom is 0.234 e. The molecule has 0 saturated carbocycles. The Balaban J connectivity index is 1.97. The molecular formula is C20H23NO. The molecule has 0 radical (unpaired) electrons. The van der Waals surface area contributed by atoms with Crippen molar-refractivity contribution in [2.24, 2.45) is 0 Å². The van der Waals surface area contributed by atoms with Gasteiger partial charge in [-0.05, 0) is 37.3 Å². The third-order valence-corrected chi connectivity index (χ3v) is 4.60. The highest BCUT2D eigenvalue weighted by atomic mass is 16.2. The van der Waals surface area contributed by atoms with E-state index in [2.05, 4.69) is 36.1 Å². The lowest BCUT2D eigenvalue weighted by molar-refractivity contribution is -0.135. The largest absolute Gasteiger partial charge is 0.339 e. The van der Waals surface area contributed by atoms with Crippen LogP contribution in [0.25, 0.3) is 0 Å². The van der Waals surface area contributed by atoms with E-state index in [1.54, 1.807) is 0 Å². The summed E-state index contributed by atoms with van der Waals surface area (Å²) in [6.45, 7) is 3.06. The summed E-state index contributed by atoms with van der Waals surface area (Å²) in [4.78, 5) is 15.3. The van der Waals surface area contributed by atoms with Crippen molar-refractivity contribution in [1.82, 2.24) is 4.90 Å². The molecular weight excluding hydrogens is 270 g/mol. The first-order chi connectivity index (χ1) is 10.8. The molecule has 1 amide bonds. The van der Waals surface area contributed by atoms with Gasteiger partial charge >= 0.3 is 0 Å². The van der Waals surface area contributed by atoms with E-state index >= 15 is 0 Å². The molecule has 1 heterocycles. The maximum atomic E-state index is 13.2. The third kappa shape index (κ3) is 3.06. The highest BCUT2D eigenvalue weighted by Gasteiger charge is 2.31. The van der Waals surface area contributed by atoms with Gasteiger partial charge in [-0.25, -0.2) is 0 Å². The van der Waals surface area contributed by atoms with Gasteiger partial charge in [0.2, 0.25) is 5.91 Å². The normalized spacial score (nSPS) is 18.5. The fourth-order valence-electron chi connectivity index (χ4n) is 3.36. The second-order valence-electron chi connectivity index (χ2n) is 6.13. The lowest BCUT2D eigenvalue weighted by Crippen LogP contribution is -2.44. The number of carbonyl (C=O) groups excluding carboxylic acids is 1. The molecule has 2 aromatic rings. The average molecular weight is 293 g/mol. The second kappa shape index (κ2) is 6.78. The Morgan fingerprint density at radius 2 is 1.50 bits per heavy atom. The first kappa shape index (κ1) is 14.8. The van der Waals surface area contributed by atoms with Gasteiger partial charge in [-0.3, -0.25) is 4.79 Å². The van der Waals surface area contributed by atoms with Crippen LogP contribution in [-0.4, -0.2) is 23.4 Å². The number of carbonyl (C=O) groups is 1. The van der Waals surface area contributed by atoms with Gasteiger partial charge in [-0.15, -0.1) is 0 Å². The molecule has 1 aliphatic heterocycles. The third-order valence-electron chi connectivity index (χ3n) is 4.60. The van der Waals surface area contributed by atoms with Crippen LogP contribution >= 0.6 is 0 Å². The quantitative estimate of drug-likeness (QED) is 0.829. The Bertz CT molecular complexity index is 569. The van der Waals surface area contributed by atoms with Gasteiger partial charge in [0, 0.05) is 12.6 Å². The van der Waals surface area contributed by atoms with Crippen LogP contribution in [0.4, 0.5) is 0 Å². The molecule has 1 saturated heterocycles. The Morgan fingerprint density at radius 3 is 2.00 bits per heavy atom. The van der Waals surface area contributed by atoms with E-state index in [1.165, 1.54) is 6.42 Å². The molecule has 2 heteroatoms. The van der Waals surface area contributed by atoms with Crippen LogP contribution in [0.15, 0.2) is 60.7 Å². The first-order valence-electron chi connectivity index (χ1n) is 8.18. The van der Waals surface area contributed by atoms with Crippen molar-refractivity contribution in [1.29, 1.82) is 0 Å². The van der Waals surface area contributed by atoms with Gasteiger partial charge in [0.05, 0.1) is 5.92 Å². The van der Waals surface area contributed by atoms with Gasteiger partial charge in [-0.2, -0.15) is 0 Å². The SMILES string of the molecule is C[C@H]1CCCCN1C(=O)C(c1ccccc1)c1ccccc1. The molecule has 3 rings (SSSR count). The summed E-state index contributed by atoms with van der Waals surface area (Å²) in [6, 6.07) is 20.6. The second-order valence-corrected chi connectivity index (χ2v) is 6.13. The van der Waals surface area contributed by atoms with Crippen molar-refractivity contribution in [3.63, 3.8) is 0 Å². The molecule has 2 aromatic carbocycles. The molecule has 0 bridgehead atoms. The molecule has 0 spiro atoms. The summed E-state index contributed by atoms with van der Waals surface area (Å²) < 4.78 is 0. The Kier molecular flexibility index (Phi) is 4.57. The van der Waals surface area contributed by atoms with E-state index in [0.29, 0.717) is 6.04 Å². The monoisotopic (exact) mass is 293 g/mol. The van der Waals surface area contributed by atoms with E-state index in [0.717, 1.165) is 30.5 Å². The van der Waals surface area contributed by atoms with Crippen LogP contribution < -0.4 is 0 Å². The number of amides is 1. The van der Waals surface area contributed by atoms with Crippen LogP contribution in [0.2, 0.25) is 0 Å². The fraction of sp³-hybridized carbons (Fsp3) is 0.350. The molecule has 0 aromatic heterocycles. The summed E-state index contributed by atoms with van der Waals surface area (Å²) in [5.74, 6) is 0.0487. The standard InChI is InChI=1S/C20H23NO/c1-16-10-8-9-15-21(16)20(22)19(17-11-4-2-5-12-17)18-13-6-3-7-14-18/h2-7,11-14,16,19H,8-10,15H2,1H3/t16-/m0/s1. The Hall–Kier alpha value is -2.09. The lowest BCUT2D eigenvalue weighted by Gasteiger charge is -2.36. The van der Waals surface area contributed by atoms with Crippen molar-refractivity contribution in [3.05, 3.63) is 71.8 Å². The zero-order valence-electron chi connectivity index (χ0n) is 13.1. The van der Waals surface area contributed by atoms with Crippen LogP contribution in [0.1, 0.15) is 43.2 Å². The average Bonchev–Trinajstić information content (AvgIpc) is 2.57. The van der Waals surface area contributed by atoms with Crippen molar-refractivity contribution >= 4 is 5.91 Å². The number of hydrogen-bond donors (Lipinski definition) is 0. The predicted molar refractivity (Wildman–Crippen MR) is 89.8 cm³/mol. The molecule has 0 unspecified atom stereocenters. The molecule has 0 N–H and O–H groups in total. The minimum Gasteiger partial charge on any atom is -0.339 e. The van der Waals surface area contributed by atoms with Gasteiger partial charge in [0.15, 0.2) is 0 Å². The summed E-state index contributed by atoms with van der Waals surface area (Å²) in [5, 5.41) is 0. The van der Waals surface area contributed by atoms with E-state index in [9.17, 15) is 4.79 Å². The number of piperidine rings is 1. The van der Waals surface area contributed by atoms with E-state index in [4.69, 9.17) is 0 Å². The Labute approximate surface area is 132 Å².